The Morgan fingerprint density at radius 1 is 0.771 bits per heavy atom. The summed E-state index contributed by atoms with van der Waals surface area (Å²) in [6, 6.07) is 10.6. The van der Waals surface area contributed by atoms with Crippen LogP contribution in [0.5, 0.6) is 23.0 Å². The summed E-state index contributed by atoms with van der Waals surface area (Å²) < 4.78 is 16.9. The maximum Gasteiger partial charge on any atom is 0.186 e. The van der Waals surface area contributed by atoms with Gasteiger partial charge in [-0.05, 0) is 98.2 Å². The van der Waals surface area contributed by atoms with Crippen LogP contribution in [0, 0.1) is 0 Å². The second kappa shape index (κ2) is 12.9. The number of carbonyl (C=O) groups excluding carboxylic acids is 2. The first-order valence-corrected chi connectivity index (χ1v) is 11.3. The smallest absolute Gasteiger partial charge is 0.186 e. The number of ketones is 2. The number of ether oxygens (including phenoxy) is 3. The standard InChI is InChI=1S/C28H34O7/c1-17(2)27(31)23(29)11-7-19-15-21(33-5)9-13-25(19)35-26-14-10-22(34-6)16-20(26)8-12-24(30)28(32)18(3)4/h9-10,13-16,23-24,29-30H,1,3,7-8,11-12H2,2,4-6H3. The maximum absolute atomic E-state index is 12.0. The largest absolute Gasteiger partial charge is 0.497 e. The number of rotatable bonds is 14. The zero-order valence-corrected chi connectivity index (χ0v) is 20.8. The molecular weight excluding hydrogens is 448 g/mol. The molecule has 0 radical (unpaired) electrons. The maximum atomic E-state index is 12.0. The lowest BCUT2D eigenvalue weighted by atomic mass is 10.00. The van der Waals surface area contributed by atoms with Gasteiger partial charge in [0.1, 0.15) is 35.2 Å². The Balaban J connectivity index is 2.30. The third-order valence-electron chi connectivity index (χ3n) is 5.58. The van der Waals surface area contributed by atoms with E-state index in [9.17, 15) is 19.8 Å². The van der Waals surface area contributed by atoms with Gasteiger partial charge in [-0.15, -0.1) is 0 Å². The van der Waals surface area contributed by atoms with Crippen LogP contribution in [-0.2, 0) is 22.4 Å². The van der Waals surface area contributed by atoms with E-state index >= 15 is 0 Å². The fraction of sp³-hybridized carbons (Fsp3) is 0.357. The van der Waals surface area contributed by atoms with Crippen molar-refractivity contribution in [3.63, 3.8) is 0 Å². The Bertz CT molecular complexity index is 1000. The van der Waals surface area contributed by atoms with Crippen molar-refractivity contribution in [2.45, 2.75) is 51.7 Å². The normalized spacial score (nSPS) is 12.4. The molecule has 188 valence electrons. The SMILES string of the molecule is C=C(C)C(=O)C(O)CCc1cc(OC)ccc1Oc1ccc(OC)cc1CCC(O)C(=O)C(=C)C. The number of carbonyl (C=O) groups is 2. The van der Waals surface area contributed by atoms with Gasteiger partial charge in [0.2, 0.25) is 0 Å². The van der Waals surface area contributed by atoms with Crippen molar-refractivity contribution in [1.82, 2.24) is 0 Å². The molecule has 2 aromatic rings. The Morgan fingerprint density at radius 2 is 1.14 bits per heavy atom. The molecule has 0 saturated heterocycles. The van der Waals surface area contributed by atoms with Crippen molar-refractivity contribution in [3.8, 4) is 23.0 Å². The number of Topliss-reactive ketones (excluding diaryl/α,β-unsaturated/α-hetero) is 2. The van der Waals surface area contributed by atoms with Gasteiger partial charge in [0, 0.05) is 0 Å². The molecule has 0 heterocycles. The first kappa shape index (κ1) is 27.8. The highest BCUT2D eigenvalue weighted by Crippen LogP contribution is 2.34. The summed E-state index contributed by atoms with van der Waals surface area (Å²) in [5, 5.41) is 20.4. The molecule has 0 fully saturated rings. The fourth-order valence-electron chi connectivity index (χ4n) is 3.49. The van der Waals surface area contributed by atoms with Gasteiger partial charge in [-0.25, -0.2) is 0 Å². The first-order chi connectivity index (χ1) is 16.6. The van der Waals surface area contributed by atoms with E-state index in [4.69, 9.17) is 14.2 Å². The van der Waals surface area contributed by atoms with Crippen molar-refractivity contribution < 1.29 is 34.0 Å². The van der Waals surface area contributed by atoms with Crippen LogP contribution in [0.1, 0.15) is 37.8 Å². The van der Waals surface area contributed by atoms with Gasteiger partial charge in [-0.3, -0.25) is 9.59 Å². The summed E-state index contributed by atoms with van der Waals surface area (Å²) in [6.07, 6.45) is -1.20. The summed E-state index contributed by atoms with van der Waals surface area (Å²) in [7, 11) is 3.11. The quantitative estimate of drug-likeness (QED) is 0.386. The highest BCUT2D eigenvalue weighted by molar-refractivity contribution is 5.97. The number of benzene rings is 2. The molecule has 0 saturated carbocycles. The van der Waals surface area contributed by atoms with Gasteiger partial charge in [-0.1, -0.05) is 13.2 Å². The Hall–Kier alpha value is -3.42. The van der Waals surface area contributed by atoms with E-state index in [0.29, 0.717) is 47.0 Å². The number of hydrogen-bond acceptors (Lipinski definition) is 7. The molecule has 0 amide bonds. The average Bonchev–Trinajstić information content (AvgIpc) is 2.85. The lowest BCUT2D eigenvalue weighted by Gasteiger charge is -2.18. The molecule has 0 aliphatic heterocycles. The van der Waals surface area contributed by atoms with E-state index in [1.54, 1.807) is 64.5 Å². The van der Waals surface area contributed by atoms with Crippen LogP contribution < -0.4 is 14.2 Å². The van der Waals surface area contributed by atoms with Crippen molar-refractivity contribution in [2.24, 2.45) is 0 Å². The van der Waals surface area contributed by atoms with Crippen LogP contribution in [0.15, 0.2) is 60.7 Å². The molecule has 7 heteroatoms. The second-order valence-corrected chi connectivity index (χ2v) is 8.45. The van der Waals surface area contributed by atoms with Crippen molar-refractivity contribution in [1.29, 1.82) is 0 Å². The van der Waals surface area contributed by atoms with Gasteiger partial charge in [0.25, 0.3) is 0 Å². The summed E-state index contributed by atoms with van der Waals surface area (Å²) in [5.41, 5.74) is 2.10. The molecule has 2 rings (SSSR count). The topological polar surface area (TPSA) is 102 Å². The third-order valence-corrected chi connectivity index (χ3v) is 5.58. The Kier molecular flexibility index (Phi) is 10.2. The molecule has 2 atom stereocenters. The van der Waals surface area contributed by atoms with E-state index in [1.165, 1.54) is 0 Å². The minimum Gasteiger partial charge on any atom is -0.497 e. The number of methoxy groups -OCH3 is 2. The second-order valence-electron chi connectivity index (χ2n) is 8.45. The molecule has 2 aromatic carbocycles. The van der Waals surface area contributed by atoms with Gasteiger partial charge in [-0.2, -0.15) is 0 Å². The van der Waals surface area contributed by atoms with Gasteiger partial charge < -0.3 is 24.4 Å². The van der Waals surface area contributed by atoms with Crippen LogP contribution in [0.3, 0.4) is 0 Å². The Labute approximate surface area is 206 Å². The number of aryl methyl sites for hydroxylation is 2. The zero-order chi connectivity index (χ0) is 26.1. The van der Waals surface area contributed by atoms with Crippen LogP contribution in [0.4, 0.5) is 0 Å². The zero-order valence-electron chi connectivity index (χ0n) is 20.8. The summed E-state index contributed by atoms with van der Waals surface area (Å²) in [6.45, 7) is 10.3. The monoisotopic (exact) mass is 482 g/mol. The summed E-state index contributed by atoms with van der Waals surface area (Å²) in [4.78, 5) is 24.0. The predicted octanol–water partition coefficient (Wildman–Crippen LogP) is 4.37. The third kappa shape index (κ3) is 7.80. The van der Waals surface area contributed by atoms with Crippen molar-refractivity contribution in [2.75, 3.05) is 14.2 Å². The molecule has 2 unspecified atom stereocenters. The van der Waals surface area contributed by atoms with Crippen LogP contribution >= 0.6 is 0 Å². The van der Waals surface area contributed by atoms with Crippen LogP contribution in [0.2, 0.25) is 0 Å². The van der Waals surface area contributed by atoms with E-state index in [1.807, 2.05) is 0 Å². The van der Waals surface area contributed by atoms with Crippen molar-refractivity contribution in [3.05, 3.63) is 71.8 Å². The molecule has 35 heavy (non-hydrogen) atoms. The first-order valence-electron chi connectivity index (χ1n) is 11.3. The highest BCUT2D eigenvalue weighted by Gasteiger charge is 2.19. The number of aliphatic hydroxyl groups excluding tert-OH is 2. The number of aliphatic hydroxyl groups is 2. The minimum absolute atomic E-state index is 0.194. The minimum atomic E-state index is -1.16. The van der Waals surface area contributed by atoms with E-state index in [-0.39, 0.29) is 12.8 Å². The molecule has 0 spiro atoms. The van der Waals surface area contributed by atoms with E-state index in [2.05, 4.69) is 13.2 Å². The summed E-state index contributed by atoms with van der Waals surface area (Å²) >= 11 is 0. The summed E-state index contributed by atoms with van der Waals surface area (Å²) in [5.74, 6) is 1.51. The molecule has 0 bridgehead atoms. The van der Waals surface area contributed by atoms with Crippen molar-refractivity contribution >= 4 is 11.6 Å². The molecule has 2 N–H and O–H groups in total. The van der Waals surface area contributed by atoms with Gasteiger partial charge >= 0.3 is 0 Å². The molecular formula is C28H34O7. The lowest BCUT2D eigenvalue weighted by molar-refractivity contribution is -0.124. The van der Waals surface area contributed by atoms with Gasteiger partial charge in [0.05, 0.1) is 14.2 Å². The van der Waals surface area contributed by atoms with Gasteiger partial charge in [0.15, 0.2) is 11.6 Å². The number of hydrogen-bond donors (Lipinski definition) is 2. The van der Waals surface area contributed by atoms with Crippen LogP contribution in [0.25, 0.3) is 0 Å². The molecule has 0 aliphatic carbocycles. The Morgan fingerprint density at radius 3 is 1.46 bits per heavy atom. The highest BCUT2D eigenvalue weighted by atomic mass is 16.5. The molecule has 0 aromatic heterocycles. The van der Waals surface area contributed by atoms with E-state index in [0.717, 1.165) is 11.1 Å². The molecule has 0 aliphatic rings. The van der Waals surface area contributed by atoms with Crippen LogP contribution in [-0.4, -0.2) is 48.2 Å². The predicted molar refractivity (Wildman–Crippen MR) is 134 cm³/mol. The average molecular weight is 483 g/mol. The lowest BCUT2D eigenvalue weighted by Crippen LogP contribution is -2.21. The fourth-order valence-corrected chi connectivity index (χ4v) is 3.49. The van der Waals surface area contributed by atoms with E-state index < -0.39 is 23.8 Å². The molecule has 7 nitrogen and oxygen atoms in total.